The molecule has 0 aromatic carbocycles. The van der Waals surface area contributed by atoms with Gasteiger partial charge in [-0.25, -0.2) is 0 Å². The molecule has 0 bridgehead atoms. The Kier molecular flexibility index (Phi) is 6.85. The summed E-state index contributed by atoms with van der Waals surface area (Å²) in [6.45, 7) is 1.50. The molecule has 0 fully saturated rings. The normalized spacial score (nSPS) is 10.9. The second kappa shape index (κ2) is 8.16. The molecule has 7 heteroatoms. The first-order valence-electron chi connectivity index (χ1n) is 5.73. The van der Waals surface area contributed by atoms with E-state index in [-0.39, 0.29) is 24.0 Å². The van der Waals surface area contributed by atoms with Crippen LogP contribution in [0.1, 0.15) is 10.6 Å². The average Bonchev–Trinajstić information content (AvgIpc) is 3.01. The molecule has 104 valence electrons. The van der Waals surface area contributed by atoms with E-state index in [1.807, 2.05) is 23.9 Å². The van der Waals surface area contributed by atoms with Crippen molar-refractivity contribution >= 4 is 41.3 Å². The Balaban J connectivity index is 0.00000180. The van der Waals surface area contributed by atoms with Gasteiger partial charge in [0.15, 0.2) is 5.96 Å². The zero-order valence-electron chi connectivity index (χ0n) is 11.0. The van der Waals surface area contributed by atoms with Crippen LogP contribution in [0.5, 0.6) is 0 Å². The van der Waals surface area contributed by atoms with Crippen molar-refractivity contribution in [1.29, 1.82) is 0 Å². The van der Waals surface area contributed by atoms with Gasteiger partial charge in [-0.05, 0) is 17.5 Å². The average molecular weight is 391 g/mol. The highest BCUT2D eigenvalue weighted by Crippen LogP contribution is 2.07. The molecule has 0 atom stereocenters. The van der Waals surface area contributed by atoms with Crippen LogP contribution >= 0.6 is 35.3 Å². The second-order valence-electron chi connectivity index (χ2n) is 3.80. The Morgan fingerprint density at radius 3 is 2.74 bits per heavy atom. The van der Waals surface area contributed by atoms with Gasteiger partial charge in [-0.3, -0.25) is 9.67 Å². The number of halogens is 1. The molecule has 0 radical (unpaired) electrons. The minimum atomic E-state index is 0. The van der Waals surface area contributed by atoms with Gasteiger partial charge in [-0.1, -0.05) is 6.07 Å². The van der Waals surface area contributed by atoms with Crippen LogP contribution in [0.25, 0.3) is 0 Å². The molecule has 2 N–H and O–H groups in total. The standard InChI is InChI=1S/C12H17N5S.HI/c1-13-12(15-9-11-4-3-7-18-11)14-8-10-5-6-16-17(10)2;/h3-7H,8-9H2,1-2H3,(H2,13,14,15);1H. The van der Waals surface area contributed by atoms with Gasteiger partial charge < -0.3 is 10.6 Å². The van der Waals surface area contributed by atoms with Crippen LogP contribution in [-0.2, 0) is 20.1 Å². The minimum Gasteiger partial charge on any atom is -0.352 e. The van der Waals surface area contributed by atoms with E-state index in [0.717, 1.165) is 18.2 Å². The number of thiophene rings is 1. The van der Waals surface area contributed by atoms with Crippen molar-refractivity contribution in [3.8, 4) is 0 Å². The summed E-state index contributed by atoms with van der Waals surface area (Å²) in [6.07, 6.45) is 1.79. The first kappa shape index (κ1) is 16.0. The highest BCUT2D eigenvalue weighted by atomic mass is 127. The maximum absolute atomic E-state index is 4.19. The molecule has 0 unspecified atom stereocenters. The molecule has 2 heterocycles. The first-order chi connectivity index (χ1) is 8.79. The molecule has 2 aromatic rings. The molecular weight excluding hydrogens is 373 g/mol. The minimum absolute atomic E-state index is 0. The highest BCUT2D eigenvalue weighted by Gasteiger charge is 2.01. The number of aryl methyl sites for hydroxylation is 1. The number of aromatic nitrogens is 2. The first-order valence-corrected chi connectivity index (χ1v) is 6.61. The smallest absolute Gasteiger partial charge is 0.191 e. The Bertz CT molecular complexity index is 506. The van der Waals surface area contributed by atoms with E-state index in [9.17, 15) is 0 Å². The van der Waals surface area contributed by atoms with Gasteiger partial charge in [0.05, 0.1) is 18.8 Å². The van der Waals surface area contributed by atoms with Gasteiger partial charge >= 0.3 is 0 Å². The monoisotopic (exact) mass is 391 g/mol. The van der Waals surface area contributed by atoms with Gasteiger partial charge in [0, 0.05) is 25.2 Å². The lowest BCUT2D eigenvalue weighted by atomic mass is 10.4. The molecule has 0 saturated carbocycles. The van der Waals surface area contributed by atoms with E-state index in [0.29, 0.717) is 6.54 Å². The molecule has 0 amide bonds. The van der Waals surface area contributed by atoms with Crippen LogP contribution < -0.4 is 10.6 Å². The third-order valence-corrected chi connectivity index (χ3v) is 3.47. The van der Waals surface area contributed by atoms with Crippen molar-refractivity contribution in [2.24, 2.45) is 12.0 Å². The molecule has 19 heavy (non-hydrogen) atoms. The van der Waals surface area contributed by atoms with Crippen molar-refractivity contribution in [2.45, 2.75) is 13.1 Å². The zero-order chi connectivity index (χ0) is 12.8. The van der Waals surface area contributed by atoms with E-state index < -0.39 is 0 Å². The number of nitrogens with zero attached hydrogens (tertiary/aromatic N) is 3. The molecule has 0 aliphatic heterocycles. The molecule has 0 aliphatic rings. The summed E-state index contributed by atoms with van der Waals surface area (Å²) in [4.78, 5) is 5.48. The summed E-state index contributed by atoms with van der Waals surface area (Å²) < 4.78 is 1.85. The zero-order valence-corrected chi connectivity index (χ0v) is 14.1. The van der Waals surface area contributed by atoms with Crippen molar-refractivity contribution in [1.82, 2.24) is 20.4 Å². The lowest BCUT2D eigenvalue weighted by Gasteiger charge is -2.11. The van der Waals surface area contributed by atoms with E-state index >= 15 is 0 Å². The molecular formula is C12H18IN5S. The fraction of sp³-hybridized carbons (Fsp3) is 0.333. The van der Waals surface area contributed by atoms with E-state index in [2.05, 4.69) is 32.2 Å². The van der Waals surface area contributed by atoms with E-state index in [1.54, 1.807) is 24.6 Å². The Morgan fingerprint density at radius 1 is 1.37 bits per heavy atom. The molecule has 5 nitrogen and oxygen atoms in total. The van der Waals surface area contributed by atoms with Crippen molar-refractivity contribution < 1.29 is 0 Å². The lowest BCUT2D eigenvalue weighted by Crippen LogP contribution is -2.36. The Morgan fingerprint density at radius 2 is 2.16 bits per heavy atom. The SMILES string of the molecule is CN=C(NCc1cccs1)NCc1ccnn1C.I. The van der Waals surface area contributed by atoms with Crippen LogP contribution in [0.4, 0.5) is 0 Å². The topological polar surface area (TPSA) is 54.2 Å². The molecule has 0 saturated heterocycles. The highest BCUT2D eigenvalue weighted by molar-refractivity contribution is 14.0. The van der Waals surface area contributed by atoms with Gasteiger partial charge in [-0.15, -0.1) is 35.3 Å². The summed E-state index contributed by atoms with van der Waals surface area (Å²) in [5.74, 6) is 0.796. The molecule has 0 spiro atoms. The Hall–Kier alpha value is -1.09. The quantitative estimate of drug-likeness (QED) is 0.476. The maximum Gasteiger partial charge on any atom is 0.191 e. The maximum atomic E-state index is 4.19. The summed E-state index contributed by atoms with van der Waals surface area (Å²) in [6, 6.07) is 6.14. The molecule has 2 rings (SSSR count). The van der Waals surface area contributed by atoms with Gasteiger partial charge in [0.25, 0.3) is 0 Å². The van der Waals surface area contributed by atoms with Crippen LogP contribution in [0, 0.1) is 0 Å². The second-order valence-corrected chi connectivity index (χ2v) is 4.84. The summed E-state index contributed by atoms with van der Waals surface area (Å²) in [7, 11) is 3.70. The van der Waals surface area contributed by atoms with Crippen molar-refractivity contribution in [3.05, 3.63) is 40.3 Å². The fourth-order valence-corrected chi connectivity index (χ4v) is 2.20. The summed E-state index contributed by atoms with van der Waals surface area (Å²) in [5.41, 5.74) is 1.12. The van der Waals surface area contributed by atoms with Crippen LogP contribution in [0.2, 0.25) is 0 Å². The number of hydrogen-bond donors (Lipinski definition) is 2. The predicted octanol–water partition coefficient (Wildman–Crippen LogP) is 1.96. The number of hydrogen-bond acceptors (Lipinski definition) is 3. The largest absolute Gasteiger partial charge is 0.352 e. The van der Waals surface area contributed by atoms with Crippen LogP contribution in [0.3, 0.4) is 0 Å². The van der Waals surface area contributed by atoms with E-state index in [1.165, 1.54) is 4.88 Å². The summed E-state index contributed by atoms with van der Waals surface area (Å²) >= 11 is 1.73. The van der Waals surface area contributed by atoms with Gasteiger partial charge in [-0.2, -0.15) is 5.10 Å². The van der Waals surface area contributed by atoms with Crippen molar-refractivity contribution in [3.63, 3.8) is 0 Å². The van der Waals surface area contributed by atoms with Crippen molar-refractivity contribution in [2.75, 3.05) is 7.05 Å². The Labute approximate surface area is 134 Å². The number of aliphatic imine (C=N–C) groups is 1. The lowest BCUT2D eigenvalue weighted by molar-refractivity contribution is 0.685. The molecule has 2 aromatic heterocycles. The fourth-order valence-electron chi connectivity index (χ4n) is 1.55. The number of guanidine groups is 1. The van der Waals surface area contributed by atoms with Crippen LogP contribution in [-0.4, -0.2) is 22.8 Å². The number of rotatable bonds is 4. The third-order valence-electron chi connectivity index (χ3n) is 2.59. The van der Waals surface area contributed by atoms with Gasteiger partial charge in [0.1, 0.15) is 0 Å². The molecule has 0 aliphatic carbocycles. The summed E-state index contributed by atoms with van der Waals surface area (Å²) in [5, 5.41) is 12.7. The number of nitrogens with one attached hydrogen (secondary N) is 2. The van der Waals surface area contributed by atoms with Crippen LogP contribution in [0.15, 0.2) is 34.8 Å². The van der Waals surface area contributed by atoms with E-state index in [4.69, 9.17) is 0 Å². The third kappa shape index (κ3) is 4.83. The van der Waals surface area contributed by atoms with Gasteiger partial charge in [0.2, 0.25) is 0 Å². The predicted molar refractivity (Wildman–Crippen MR) is 90.0 cm³/mol.